The second-order valence-electron chi connectivity index (χ2n) is 4.94. The molecule has 2 aromatic rings. The van der Waals surface area contributed by atoms with E-state index in [1.807, 2.05) is 12.1 Å². The molecule has 22 heavy (non-hydrogen) atoms. The average Bonchev–Trinajstić information content (AvgIpc) is 3.20. The minimum atomic E-state index is -0.0555. The first-order valence-electron chi connectivity index (χ1n) is 7.07. The number of rotatable bonds is 5. The quantitative estimate of drug-likeness (QED) is 0.851. The first-order valence-corrected chi connectivity index (χ1v) is 7.07. The number of amides is 1. The molecule has 2 N–H and O–H groups in total. The smallest absolute Gasteiger partial charge is 0.237 e. The molecule has 2 aromatic heterocycles. The lowest BCUT2D eigenvalue weighted by atomic mass is 10.2. The molecule has 0 radical (unpaired) electrons. The van der Waals surface area contributed by atoms with Crippen LogP contribution in [-0.2, 0) is 11.2 Å². The van der Waals surface area contributed by atoms with Gasteiger partial charge in [0.2, 0.25) is 17.6 Å². The third-order valence-corrected chi connectivity index (χ3v) is 3.42. The lowest BCUT2D eigenvalue weighted by Gasteiger charge is -2.09. The molecule has 3 heterocycles. The van der Waals surface area contributed by atoms with Crippen LogP contribution in [0.25, 0.3) is 11.4 Å². The first-order chi connectivity index (χ1) is 10.3. The molecule has 1 atom stereocenters. The van der Waals surface area contributed by atoms with Gasteiger partial charge in [-0.3, -0.25) is 9.78 Å². The Morgan fingerprint density at radius 3 is 2.95 bits per heavy atom. The largest absolute Gasteiger partial charge is 0.354 e. The molecule has 0 aliphatic carbocycles. The first kappa shape index (κ1) is 16.4. The Morgan fingerprint density at radius 2 is 2.23 bits per heavy atom. The molecule has 0 bridgehead atoms. The van der Waals surface area contributed by atoms with Crippen molar-refractivity contribution in [2.45, 2.75) is 25.3 Å². The highest BCUT2D eigenvalue weighted by Crippen LogP contribution is 2.13. The molecule has 0 saturated carbocycles. The minimum Gasteiger partial charge on any atom is -0.354 e. The van der Waals surface area contributed by atoms with E-state index in [2.05, 4.69) is 25.8 Å². The van der Waals surface area contributed by atoms with Gasteiger partial charge < -0.3 is 15.2 Å². The Bertz CT molecular complexity index is 598. The van der Waals surface area contributed by atoms with E-state index in [0.29, 0.717) is 24.7 Å². The van der Waals surface area contributed by atoms with E-state index in [9.17, 15) is 4.79 Å². The Morgan fingerprint density at radius 1 is 1.41 bits per heavy atom. The van der Waals surface area contributed by atoms with E-state index < -0.39 is 0 Å². The van der Waals surface area contributed by atoms with Crippen molar-refractivity contribution in [3.63, 3.8) is 0 Å². The third kappa shape index (κ3) is 4.02. The summed E-state index contributed by atoms with van der Waals surface area (Å²) >= 11 is 0. The summed E-state index contributed by atoms with van der Waals surface area (Å²) in [6, 6.07) is 3.59. The maximum absolute atomic E-state index is 11.8. The molecule has 0 spiro atoms. The fourth-order valence-electron chi connectivity index (χ4n) is 2.30. The molecule has 1 fully saturated rings. The predicted molar refractivity (Wildman–Crippen MR) is 82.5 cm³/mol. The van der Waals surface area contributed by atoms with Crippen LogP contribution in [0.5, 0.6) is 0 Å². The van der Waals surface area contributed by atoms with Crippen molar-refractivity contribution in [1.29, 1.82) is 0 Å². The van der Waals surface area contributed by atoms with Gasteiger partial charge >= 0.3 is 0 Å². The van der Waals surface area contributed by atoms with Crippen LogP contribution in [-0.4, -0.2) is 40.2 Å². The summed E-state index contributed by atoms with van der Waals surface area (Å²) in [6.45, 7) is 1.41. The summed E-state index contributed by atoms with van der Waals surface area (Å²) in [5.41, 5.74) is 0.860. The number of carbonyl (C=O) groups is 1. The predicted octanol–water partition coefficient (Wildman–Crippen LogP) is 0.964. The highest BCUT2D eigenvalue weighted by atomic mass is 35.5. The molecule has 0 aromatic carbocycles. The van der Waals surface area contributed by atoms with Gasteiger partial charge in [0.15, 0.2) is 0 Å². The van der Waals surface area contributed by atoms with Gasteiger partial charge in [-0.1, -0.05) is 5.16 Å². The maximum Gasteiger partial charge on any atom is 0.237 e. The summed E-state index contributed by atoms with van der Waals surface area (Å²) in [5, 5.41) is 9.97. The second kappa shape index (κ2) is 7.86. The van der Waals surface area contributed by atoms with Crippen molar-refractivity contribution >= 4 is 18.3 Å². The Hall–Kier alpha value is -1.99. The molecule has 8 heteroatoms. The molecule has 1 saturated heterocycles. The van der Waals surface area contributed by atoms with Crippen LogP contribution in [0.3, 0.4) is 0 Å². The van der Waals surface area contributed by atoms with Crippen LogP contribution < -0.4 is 10.6 Å². The summed E-state index contributed by atoms with van der Waals surface area (Å²) in [4.78, 5) is 20.1. The van der Waals surface area contributed by atoms with Crippen molar-refractivity contribution in [2.24, 2.45) is 0 Å². The Kier molecular flexibility index (Phi) is 5.85. The summed E-state index contributed by atoms with van der Waals surface area (Å²) in [5.74, 6) is 1.10. The number of carbonyl (C=O) groups excluding carboxylic acids is 1. The number of hydrogen-bond acceptors (Lipinski definition) is 6. The zero-order chi connectivity index (χ0) is 14.5. The number of nitrogens with one attached hydrogen (secondary N) is 2. The third-order valence-electron chi connectivity index (χ3n) is 3.42. The lowest BCUT2D eigenvalue weighted by Crippen LogP contribution is -2.41. The van der Waals surface area contributed by atoms with Crippen LogP contribution in [0.2, 0.25) is 0 Å². The van der Waals surface area contributed by atoms with Gasteiger partial charge in [0.25, 0.3) is 0 Å². The van der Waals surface area contributed by atoms with Crippen LogP contribution in [0.15, 0.2) is 29.0 Å². The van der Waals surface area contributed by atoms with Gasteiger partial charge in [-0.2, -0.15) is 4.98 Å². The van der Waals surface area contributed by atoms with E-state index in [1.54, 1.807) is 12.4 Å². The van der Waals surface area contributed by atoms with Crippen molar-refractivity contribution < 1.29 is 9.32 Å². The fraction of sp³-hybridized carbons (Fsp3) is 0.429. The fourth-order valence-corrected chi connectivity index (χ4v) is 2.30. The molecular weight excluding hydrogens is 306 g/mol. The number of pyridine rings is 1. The second-order valence-corrected chi connectivity index (χ2v) is 4.94. The normalized spacial score (nSPS) is 17.0. The topological polar surface area (TPSA) is 92.9 Å². The summed E-state index contributed by atoms with van der Waals surface area (Å²) in [7, 11) is 0. The molecule has 1 aliphatic rings. The summed E-state index contributed by atoms with van der Waals surface area (Å²) in [6.07, 6.45) is 5.84. The van der Waals surface area contributed by atoms with Crippen LogP contribution >= 0.6 is 12.4 Å². The molecular formula is C14H18ClN5O2. The molecule has 1 aliphatic heterocycles. The number of nitrogens with zero attached hydrogens (tertiary/aromatic N) is 3. The molecule has 3 rings (SSSR count). The zero-order valence-corrected chi connectivity index (χ0v) is 12.8. The number of hydrogen-bond donors (Lipinski definition) is 2. The zero-order valence-electron chi connectivity index (χ0n) is 12.0. The van der Waals surface area contributed by atoms with Crippen molar-refractivity contribution in [3.8, 4) is 11.4 Å². The average molecular weight is 324 g/mol. The van der Waals surface area contributed by atoms with E-state index >= 15 is 0 Å². The van der Waals surface area contributed by atoms with Crippen LogP contribution in [0.1, 0.15) is 18.7 Å². The number of aromatic nitrogens is 3. The van der Waals surface area contributed by atoms with Gasteiger partial charge in [0.05, 0.1) is 6.04 Å². The van der Waals surface area contributed by atoms with E-state index in [0.717, 1.165) is 24.9 Å². The van der Waals surface area contributed by atoms with Crippen molar-refractivity contribution in [2.75, 3.05) is 13.1 Å². The van der Waals surface area contributed by atoms with E-state index in [1.165, 1.54) is 0 Å². The SMILES string of the molecule is Cl.O=C(NCCc1nc(-c2ccncc2)no1)C1CCCN1. The highest BCUT2D eigenvalue weighted by molar-refractivity contribution is 5.85. The molecule has 1 unspecified atom stereocenters. The summed E-state index contributed by atoms with van der Waals surface area (Å²) < 4.78 is 5.18. The molecule has 1 amide bonds. The van der Waals surface area contributed by atoms with Gasteiger partial charge in [-0.25, -0.2) is 0 Å². The van der Waals surface area contributed by atoms with Crippen LogP contribution in [0, 0.1) is 0 Å². The molecule has 7 nitrogen and oxygen atoms in total. The van der Waals surface area contributed by atoms with Gasteiger partial charge in [-0.05, 0) is 31.5 Å². The minimum absolute atomic E-state index is 0. The van der Waals surface area contributed by atoms with E-state index in [-0.39, 0.29) is 24.4 Å². The number of halogens is 1. The van der Waals surface area contributed by atoms with Crippen LogP contribution in [0.4, 0.5) is 0 Å². The van der Waals surface area contributed by atoms with Gasteiger partial charge in [0.1, 0.15) is 0 Å². The van der Waals surface area contributed by atoms with Crippen molar-refractivity contribution in [1.82, 2.24) is 25.8 Å². The standard InChI is InChI=1S/C14H17N5O2.ClH/c20-14(11-2-1-6-16-11)17-9-5-12-18-13(19-21-12)10-3-7-15-8-4-10;/h3-4,7-8,11,16H,1-2,5-6,9H2,(H,17,20);1H. The van der Waals surface area contributed by atoms with E-state index in [4.69, 9.17) is 4.52 Å². The lowest BCUT2D eigenvalue weighted by molar-refractivity contribution is -0.122. The monoisotopic (exact) mass is 323 g/mol. The van der Waals surface area contributed by atoms with Gasteiger partial charge in [-0.15, -0.1) is 12.4 Å². The maximum atomic E-state index is 11.8. The molecule has 118 valence electrons. The Labute approximate surface area is 134 Å². The van der Waals surface area contributed by atoms with Crippen molar-refractivity contribution in [3.05, 3.63) is 30.4 Å². The van der Waals surface area contributed by atoms with Gasteiger partial charge in [0, 0.05) is 30.9 Å². The Balaban J connectivity index is 0.00000176. The highest BCUT2D eigenvalue weighted by Gasteiger charge is 2.21.